The second-order valence-corrected chi connectivity index (χ2v) is 17.0. The van der Waals surface area contributed by atoms with E-state index in [4.69, 9.17) is 9.47 Å². The second-order valence-electron chi connectivity index (χ2n) is 15.9. The van der Waals surface area contributed by atoms with Crippen molar-refractivity contribution < 1.29 is 33.8 Å². The lowest BCUT2D eigenvalue weighted by Gasteiger charge is -2.45. The molecular weight excluding hydrogens is 702 g/mol. The molecule has 0 radical (unpaired) electrons. The number of amides is 3. The van der Waals surface area contributed by atoms with Crippen LogP contribution in [0.4, 0.5) is 0 Å². The van der Waals surface area contributed by atoms with Gasteiger partial charge in [0.15, 0.2) is 0 Å². The number of alkyl halides is 1. The van der Waals surface area contributed by atoms with Gasteiger partial charge in [0, 0.05) is 36.5 Å². The summed E-state index contributed by atoms with van der Waals surface area (Å²) in [4.78, 5) is 59.8. The smallest absolute Gasteiger partial charge is 0.313 e. The van der Waals surface area contributed by atoms with Crippen molar-refractivity contribution in [1.82, 2.24) is 15.1 Å². The Morgan fingerprint density at radius 3 is 2.44 bits per heavy atom. The first kappa shape index (κ1) is 39.8. The van der Waals surface area contributed by atoms with Gasteiger partial charge in [-0.05, 0) is 63.9 Å². The summed E-state index contributed by atoms with van der Waals surface area (Å²) >= 11 is 3.76. The molecule has 3 aliphatic heterocycles. The lowest BCUT2D eigenvalue weighted by molar-refractivity contribution is -0.162. The van der Waals surface area contributed by atoms with E-state index in [-0.39, 0.29) is 54.1 Å². The maximum Gasteiger partial charge on any atom is 0.313 e. The number of carbonyl (C=O) groups excluding carboxylic acids is 4. The Kier molecular flexibility index (Phi) is 12.8. The summed E-state index contributed by atoms with van der Waals surface area (Å²) in [6.07, 6.45) is 4.61. The Labute approximate surface area is 306 Å². The molecule has 1 aromatic carbocycles. The van der Waals surface area contributed by atoms with Gasteiger partial charge in [-0.25, -0.2) is 0 Å². The van der Waals surface area contributed by atoms with Gasteiger partial charge in [0.2, 0.25) is 17.7 Å². The summed E-state index contributed by atoms with van der Waals surface area (Å²) in [7, 11) is 0. The Morgan fingerprint density at radius 2 is 1.84 bits per heavy atom. The Morgan fingerprint density at radius 1 is 1.16 bits per heavy atom. The minimum Gasteiger partial charge on any atom is -0.455 e. The molecular formula is C39H56BrN3O7. The highest BCUT2D eigenvalue weighted by molar-refractivity contribution is 9.09. The van der Waals surface area contributed by atoms with Crippen molar-refractivity contribution in [3.8, 4) is 0 Å². The maximum atomic E-state index is 15.0. The zero-order chi connectivity index (χ0) is 37.0. The standard InChI is InChI=1S/C39H56BrN3O7/c1-9-11-19-28(45)41-25(3)31(26-17-13-12-14-18-26)49-36(48)29-30-34(46)42(21-15-16-22-44)33(39(30)23-27(40)32(29)50-39)35(47)43(20-10-2)38(7,8)24-37(4,5)6/h9-10,12-14,17-18,25,27,29-33,44H,1-2,11,15-16,19-24H2,3-8H3,(H,41,45)/t25-,27?,29-,30+,31-,32-,33-,39+/m1/s1. The van der Waals surface area contributed by atoms with Gasteiger partial charge in [0.05, 0.1) is 24.0 Å². The van der Waals surface area contributed by atoms with Crippen molar-refractivity contribution in [2.24, 2.45) is 17.3 Å². The van der Waals surface area contributed by atoms with Crippen LogP contribution in [-0.4, -0.2) is 92.4 Å². The van der Waals surface area contributed by atoms with Crippen LogP contribution >= 0.6 is 15.9 Å². The Balaban J connectivity index is 1.72. The maximum absolute atomic E-state index is 15.0. The molecule has 2 N–H and O–H groups in total. The lowest BCUT2D eigenvalue weighted by atomic mass is 9.70. The molecule has 0 saturated carbocycles. The van der Waals surface area contributed by atoms with Gasteiger partial charge in [0.1, 0.15) is 17.7 Å². The summed E-state index contributed by atoms with van der Waals surface area (Å²) in [6.45, 7) is 20.3. The number of aliphatic hydroxyl groups excluding tert-OH is 1. The number of hydrogen-bond acceptors (Lipinski definition) is 7. The number of halogens is 1. The Hall–Kier alpha value is -3.02. The van der Waals surface area contributed by atoms with Gasteiger partial charge in [-0.1, -0.05) is 79.2 Å². The van der Waals surface area contributed by atoms with E-state index in [1.807, 2.05) is 44.2 Å². The van der Waals surface area contributed by atoms with Gasteiger partial charge in [-0.3, -0.25) is 19.2 Å². The van der Waals surface area contributed by atoms with Gasteiger partial charge >= 0.3 is 5.97 Å². The number of unbranched alkanes of at least 4 members (excludes halogenated alkanes) is 1. The minimum absolute atomic E-state index is 0.0450. The van der Waals surface area contributed by atoms with E-state index in [1.165, 1.54) is 0 Å². The topological polar surface area (TPSA) is 125 Å². The number of nitrogens with zero attached hydrogens (tertiary/aromatic N) is 2. The van der Waals surface area contributed by atoms with E-state index in [9.17, 15) is 24.3 Å². The summed E-state index contributed by atoms with van der Waals surface area (Å²) in [6, 6.07) is 7.65. The van der Waals surface area contributed by atoms with Crippen molar-refractivity contribution in [3.05, 3.63) is 61.2 Å². The number of hydrogen-bond donors (Lipinski definition) is 2. The van der Waals surface area contributed by atoms with E-state index in [2.05, 4.69) is 55.2 Å². The molecule has 4 rings (SSSR count). The van der Waals surface area contributed by atoms with E-state index in [0.717, 1.165) is 0 Å². The third kappa shape index (κ3) is 8.20. The van der Waals surface area contributed by atoms with Gasteiger partial charge in [0.25, 0.3) is 0 Å². The summed E-state index contributed by atoms with van der Waals surface area (Å²) in [5.41, 5.74) is -1.24. The summed E-state index contributed by atoms with van der Waals surface area (Å²) < 4.78 is 13.0. The van der Waals surface area contributed by atoms with Crippen LogP contribution in [0.1, 0.15) is 91.7 Å². The van der Waals surface area contributed by atoms with Crippen LogP contribution in [0.5, 0.6) is 0 Å². The van der Waals surface area contributed by atoms with Crippen LogP contribution in [0.3, 0.4) is 0 Å². The fourth-order valence-electron chi connectivity index (χ4n) is 8.56. The number of allylic oxidation sites excluding steroid dienone is 1. The number of likely N-dealkylation sites (tertiary alicyclic amines) is 1. The predicted molar refractivity (Wildman–Crippen MR) is 196 cm³/mol. The van der Waals surface area contributed by atoms with Gasteiger partial charge in [-0.15, -0.1) is 13.2 Å². The number of aliphatic hydroxyl groups is 1. The fourth-order valence-corrected chi connectivity index (χ4v) is 9.50. The predicted octanol–water partition coefficient (Wildman–Crippen LogP) is 5.49. The molecule has 276 valence electrons. The number of fused-ring (bicyclic) bond motifs is 1. The van der Waals surface area contributed by atoms with Crippen LogP contribution in [-0.2, 0) is 28.7 Å². The SMILES string of the molecule is C=CCCC(=O)N[C@H](C)[C@@H](OC(=O)[C@H]1[C@@H]2O[C@@]3(CC2Br)[C@@H]1C(=O)N(CCCCO)[C@@H]3C(=O)N(CC=C)C(C)(C)CC(C)(C)C)c1ccccc1. The van der Waals surface area contributed by atoms with Crippen molar-refractivity contribution in [1.29, 1.82) is 0 Å². The van der Waals surface area contributed by atoms with Gasteiger partial charge < -0.3 is 29.7 Å². The second kappa shape index (κ2) is 16.1. The highest BCUT2D eigenvalue weighted by Gasteiger charge is 2.77. The largest absolute Gasteiger partial charge is 0.455 e. The van der Waals surface area contributed by atoms with Crippen LogP contribution in [0.25, 0.3) is 0 Å². The van der Waals surface area contributed by atoms with Crippen molar-refractivity contribution in [3.63, 3.8) is 0 Å². The molecule has 3 saturated heterocycles. The molecule has 3 heterocycles. The number of esters is 1. The highest BCUT2D eigenvalue weighted by Crippen LogP contribution is 2.60. The summed E-state index contributed by atoms with van der Waals surface area (Å²) in [5.74, 6) is -3.29. The molecule has 1 aromatic rings. The monoisotopic (exact) mass is 757 g/mol. The Bertz CT molecular complexity index is 1410. The molecule has 10 nitrogen and oxygen atoms in total. The molecule has 3 fully saturated rings. The van der Waals surface area contributed by atoms with E-state index >= 15 is 0 Å². The average molecular weight is 759 g/mol. The molecule has 2 bridgehead atoms. The average Bonchev–Trinajstić information content (AvgIpc) is 3.63. The summed E-state index contributed by atoms with van der Waals surface area (Å²) in [5, 5.41) is 12.5. The first-order valence-electron chi connectivity index (χ1n) is 17.8. The van der Waals surface area contributed by atoms with E-state index < -0.39 is 53.2 Å². The van der Waals surface area contributed by atoms with Crippen LogP contribution < -0.4 is 5.32 Å². The first-order valence-corrected chi connectivity index (χ1v) is 18.8. The minimum atomic E-state index is -1.26. The van der Waals surface area contributed by atoms with E-state index in [0.29, 0.717) is 37.7 Å². The normalized spacial score (nSPS) is 27.0. The highest BCUT2D eigenvalue weighted by atomic mass is 79.9. The molecule has 50 heavy (non-hydrogen) atoms. The van der Waals surface area contributed by atoms with E-state index in [1.54, 1.807) is 28.9 Å². The van der Waals surface area contributed by atoms with Crippen molar-refractivity contribution >= 4 is 39.6 Å². The first-order chi connectivity index (χ1) is 23.5. The number of carbonyl (C=O) groups is 4. The fraction of sp³-hybridized carbons (Fsp3) is 0.641. The van der Waals surface area contributed by atoms with Crippen molar-refractivity contribution in [2.75, 3.05) is 19.7 Å². The van der Waals surface area contributed by atoms with Crippen LogP contribution in [0.2, 0.25) is 0 Å². The molecule has 1 spiro atoms. The van der Waals surface area contributed by atoms with Crippen LogP contribution in [0, 0.1) is 17.3 Å². The third-order valence-corrected chi connectivity index (χ3v) is 11.0. The van der Waals surface area contributed by atoms with Crippen LogP contribution in [0.15, 0.2) is 55.6 Å². The number of benzene rings is 1. The van der Waals surface area contributed by atoms with Gasteiger partial charge in [-0.2, -0.15) is 0 Å². The third-order valence-electron chi connectivity index (χ3n) is 10.2. The lowest BCUT2D eigenvalue weighted by Crippen LogP contribution is -2.61. The molecule has 11 heteroatoms. The number of rotatable bonds is 17. The molecule has 1 unspecified atom stereocenters. The van der Waals surface area contributed by atoms with Crippen molar-refractivity contribution in [2.45, 2.75) is 120 Å². The molecule has 3 amide bonds. The number of ether oxygens (including phenoxy) is 2. The zero-order valence-electron chi connectivity index (χ0n) is 30.5. The molecule has 0 aromatic heterocycles. The molecule has 3 aliphatic rings. The quantitative estimate of drug-likeness (QED) is 0.0932. The molecule has 0 aliphatic carbocycles. The zero-order valence-corrected chi connectivity index (χ0v) is 32.1. The molecule has 8 atom stereocenters. The number of nitrogens with one attached hydrogen (secondary N) is 1.